The van der Waals surface area contributed by atoms with E-state index in [0.717, 1.165) is 36.6 Å². The van der Waals surface area contributed by atoms with E-state index in [1.165, 1.54) is 5.56 Å². The molecule has 0 bridgehead atoms. The molecule has 3 aromatic rings. The normalized spacial score (nSPS) is 10.8. The maximum Gasteiger partial charge on any atom is 0.314 e. The van der Waals surface area contributed by atoms with Gasteiger partial charge in [0, 0.05) is 19.2 Å². The van der Waals surface area contributed by atoms with Gasteiger partial charge >= 0.3 is 11.8 Å². The first kappa shape index (κ1) is 22.2. The number of nitrogens with zero attached hydrogens (tertiary/aromatic N) is 3. The molecule has 2 amide bonds. The van der Waals surface area contributed by atoms with Gasteiger partial charge in [0.25, 0.3) is 0 Å². The number of amides is 2. The van der Waals surface area contributed by atoms with Crippen LogP contribution >= 0.6 is 0 Å². The SMILES string of the molecule is CCN(CC)Cc1ccc(CNC(=O)C(=O)Nc2cc(C)nn2-c2ccccc2)cc1. The van der Waals surface area contributed by atoms with Crippen molar-refractivity contribution in [3.8, 4) is 5.69 Å². The minimum absolute atomic E-state index is 0.286. The standard InChI is InChI=1S/C24H29N5O2/c1-4-28(5-2)17-20-13-11-19(12-14-20)16-25-23(30)24(31)26-22-15-18(3)27-29(22)21-9-7-6-8-10-21/h6-15H,4-5,16-17H2,1-3H3,(H,25,30)(H,26,31). The highest BCUT2D eigenvalue weighted by Crippen LogP contribution is 2.16. The van der Waals surface area contributed by atoms with Crippen LogP contribution in [0.25, 0.3) is 5.69 Å². The number of hydrogen-bond donors (Lipinski definition) is 2. The lowest BCUT2D eigenvalue weighted by Gasteiger charge is -2.18. The number of anilines is 1. The highest BCUT2D eigenvalue weighted by atomic mass is 16.2. The summed E-state index contributed by atoms with van der Waals surface area (Å²) >= 11 is 0. The Morgan fingerprint density at radius 2 is 1.58 bits per heavy atom. The van der Waals surface area contributed by atoms with Crippen LogP contribution in [0.1, 0.15) is 30.7 Å². The number of aryl methyl sites for hydroxylation is 1. The van der Waals surface area contributed by atoms with Crippen molar-refractivity contribution in [2.24, 2.45) is 0 Å². The lowest BCUT2D eigenvalue weighted by molar-refractivity contribution is -0.136. The van der Waals surface area contributed by atoms with E-state index < -0.39 is 11.8 Å². The summed E-state index contributed by atoms with van der Waals surface area (Å²) in [6, 6.07) is 19.2. The molecule has 7 heteroatoms. The molecule has 0 saturated carbocycles. The molecular formula is C24H29N5O2. The second kappa shape index (κ2) is 10.5. The van der Waals surface area contributed by atoms with E-state index in [4.69, 9.17) is 0 Å². The van der Waals surface area contributed by atoms with Gasteiger partial charge in [-0.15, -0.1) is 0 Å². The molecule has 0 saturated heterocycles. The topological polar surface area (TPSA) is 79.3 Å². The number of para-hydroxylation sites is 1. The zero-order valence-electron chi connectivity index (χ0n) is 18.3. The van der Waals surface area contributed by atoms with Crippen LogP contribution in [-0.2, 0) is 22.7 Å². The van der Waals surface area contributed by atoms with E-state index in [1.807, 2.05) is 49.4 Å². The van der Waals surface area contributed by atoms with Gasteiger partial charge in [-0.05, 0) is 43.3 Å². The zero-order valence-corrected chi connectivity index (χ0v) is 18.3. The molecule has 162 valence electrons. The van der Waals surface area contributed by atoms with Gasteiger partial charge in [0.05, 0.1) is 11.4 Å². The minimum Gasteiger partial charge on any atom is -0.344 e. The minimum atomic E-state index is -0.727. The lowest BCUT2D eigenvalue weighted by Crippen LogP contribution is -2.35. The Bertz CT molecular complexity index is 1010. The molecule has 7 nitrogen and oxygen atoms in total. The summed E-state index contributed by atoms with van der Waals surface area (Å²) in [6.45, 7) is 9.32. The van der Waals surface area contributed by atoms with Crippen molar-refractivity contribution in [1.29, 1.82) is 0 Å². The Hall–Kier alpha value is -3.45. The van der Waals surface area contributed by atoms with Gasteiger partial charge in [0.15, 0.2) is 0 Å². The van der Waals surface area contributed by atoms with E-state index in [1.54, 1.807) is 10.7 Å². The molecule has 1 aromatic heterocycles. The van der Waals surface area contributed by atoms with E-state index in [2.05, 4.69) is 46.6 Å². The third kappa shape index (κ3) is 6.02. The molecule has 0 unspecified atom stereocenters. The van der Waals surface area contributed by atoms with Gasteiger partial charge in [-0.2, -0.15) is 5.10 Å². The fraction of sp³-hybridized carbons (Fsp3) is 0.292. The summed E-state index contributed by atoms with van der Waals surface area (Å²) in [4.78, 5) is 27.0. The van der Waals surface area contributed by atoms with E-state index in [9.17, 15) is 9.59 Å². The quantitative estimate of drug-likeness (QED) is 0.549. The first-order valence-electron chi connectivity index (χ1n) is 10.5. The maximum atomic E-state index is 12.4. The highest BCUT2D eigenvalue weighted by molar-refractivity contribution is 6.39. The largest absolute Gasteiger partial charge is 0.344 e. The number of nitrogens with one attached hydrogen (secondary N) is 2. The van der Waals surface area contributed by atoms with Gasteiger partial charge < -0.3 is 10.6 Å². The van der Waals surface area contributed by atoms with Crippen LogP contribution in [0, 0.1) is 6.92 Å². The molecule has 3 rings (SSSR count). The van der Waals surface area contributed by atoms with Crippen molar-refractivity contribution in [2.75, 3.05) is 18.4 Å². The Morgan fingerprint density at radius 1 is 0.935 bits per heavy atom. The molecular weight excluding hydrogens is 390 g/mol. The van der Waals surface area contributed by atoms with Crippen LogP contribution in [-0.4, -0.2) is 39.6 Å². The zero-order chi connectivity index (χ0) is 22.2. The molecule has 0 atom stereocenters. The first-order valence-corrected chi connectivity index (χ1v) is 10.5. The number of aromatic nitrogens is 2. The fourth-order valence-electron chi connectivity index (χ4n) is 3.26. The molecule has 1 heterocycles. The molecule has 31 heavy (non-hydrogen) atoms. The Labute approximate surface area is 183 Å². The Balaban J connectivity index is 1.57. The molecule has 0 aliphatic rings. The van der Waals surface area contributed by atoms with Crippen molar-refractivity contribution in [1.82, 2.24) is 20.0 Å². The van der Waals surface area contributed by atoms with Crippen LogP contribution in [0.2, 0.25) is 0 Å². The van der Waals surface area contributed by atoms with E-state index in [-0.39, 0.29) is 6.54 Å². The van der Waals surface area contributed by atoms with Crippen molar-refractivity contribution >= 4 is 17.6 Å². The van der Waals surface area contributed by atoms with Crippen LogP contribution in [0.4, 0.5) is 5.82 Å². The Kier molecular flexibility index (Phi) is 7.56. The van der Waals surface area contributed by atoms with E-state index in [0.29, 0.717) is 5.82 Å². The smallest absolute Gasteiger partial charge is 0.314 e. The number of benzene rings is 2. The summed E-state index contributed by atoms with van der Waals surface area (Å²) in [6.07, 6.45) is 0. The molecule has 0 fully saturated rings. The van der Waals surface area contributed by atoms with Crippen molar-refractivity contribution in [2.45, 2.75) is 33.9 Å². The average molecular weight is 420 g/mol. The molecule has 0 aliphatic heterocycles. The molecule has 0 aliphatic carbocycles. The van der Waals surface area contributed by atoms with Gasteiger partial charge in [-0.3, -0.25) is 14.5 Å². The van der Waals surface area contributed by atoms with Crippen molar-refractivity contribution in [3.63, 3.8) is 0 Å². The maximum absolute atomic E-state index is 12.4. The van der Waals surface area contributed by atoms with Crippen molar-refractivity contribution in [3.05, 3.63) is 77.5 Å². The predicted molar refractivity (Wildman–Crippen MR) is 122 cm³/mol. The van der Waals surface area contributed by atoms with Crippen LogP contribution in [0.3, 0.4) is 0 Å². The van der Waals surface area contributed by atoms with Gasteiger partial charge in [-0.1, -0.05) is 56.3 Å². The van der Waals surface area contributed by atoms with E-state index >= 15 is 0 Å². The summed E-state index contributed by atoms with van der Waals surface area (Å²) in [5.41, 5.74) is 3.70. The summed E-state index contributed by atoms with van der Waals surface area (Å²) < 4.78 is 1.61. The average Bonchev–Trinajstić information content (AvgIpc) is 3.17. The third-order valence-electron chi connectivity index (χ3n) is 5.06. The van der Waals surface area contributed by atoms with Crippen LogP contribution in [0.5, 0.6) is 0 Å². The highest BCUT2D eigenvalue weighted by Gasteiger charge is 2.17. The third-order valence-corrected chi connectivity index (χ3v) is 5.06. The Morgan fingerprint density at radius 3 is 2.23 bits per heavy atom. The van der Waals surface area contributed by atoms with Gasteiger partial charge in [0.2, 0.25) is 0 Å². The number of hydrogen-bond acceptors (Lipinski definition) is 4. The second-order valence-corrected chi connectivity index (χ2v) is 7.33. The summed E-state index contributed by atoms with van der Waals surface area (Å²) in [5, 5.41) is 9.72. The molecule has 0 spiro atoms. The summed E-state index contributed by atoms with van der Waals surface area (Å²) in [5.74, 6) is -0.967. The number of carbonyl (C=O) groups is 2. The number of rotatable bonds is 8. The first-order chi connectivity index (χ1) is 15.0. The second-order valence-electron chi connectivity index (χ2n) is 7.33. The van der Waals surface area contributed by atoms with Gasteiger partial charge in [0.1, 0.15) is 5.82 Å². The molecule has 0 radical (unpaired) electrons. The molecule has 2 aromatic carbocycles. The lowest BCUT2D eigenvalue weighted by atomic mass is 10.1. The van der Waals surface area contributed by atoms with Crippen molar-refractivity contribution < 1.29 is 9.59 Å². The predicted octanol–water partition coefficient (Wildman–Crippen LogP) is 3.28. The van der Waals surface area contributed by atoms with Crippen LogP contribution < -0.4 is 10.6 Å². The monoisotopic (exact) mass is 419 g/mol. The summed E-state index contributed by atoms with van der Waals surface area (Å²) in [7, 11) is 0. The van der Waals surface area contributed by atoms with Crippen LogP contribution in [0.15, 0.2) is 60.7 Å². The molecule has 2 N–H and O–H groups in total. The fourth-order valence-corrected chi connectivity index (χ4v) is 3.26. The van der Waals surface area contributed by atoms with Gasteiger partial charge in [-0.25, -0.2) is 4.68 Å². The number of carbonyl (C=O) groups excluding carboxylic acids is 2.